The highest BCUT2D eigenvalue weighted by molar-refractivity contribution is 7.79. The Morgan fingerprint density at radius 1 is 1.38 bits per heavy atom. The van der Waals surface area contributed by atoms with Crippen LogP contribution in [-0.2, 0) is 11.1 Å². The van der Waals surface area contributed by atoms with E-state index >= 15 is 0 Å². The standard InChI is InChI=1S/C5H12O2S/c1-4(2)5(3)8(6)7/h4-5H,1-3H3,(H,6,7). The van der Waals surface area contributed by atoms with Gasteiger partial charge in [-0.2, -0.15) is 0 Å². The molecule has 0 aromatic carbocycles. The minimum atomic E-state index is -1.64. The van der Waals surface area contributed by atoms with E-state index in [4.69, 9.17) is 4.55 Å². The molecule has 0 bridgehead atoms. The molecule has 2 nitrogen and oxygen atoms in total. The Balaban J connectivity index is 3.64. The summed E-state index contributed by atoms with van der Waals surface area (Å²) in [6, 6.07) is 0. The smallest absolute Gasteiger partial charge is 0.155 e. The normalized spacial score (nSPS) is 18.6. The molecule has 0 aliphatic carbocycles. The van der Waals surface area contributed by atoms with E-state index in [2.05, 4.69) is 0 Å². The predicted molar refractivity (Wildman–Crippen MR) is 35.1 cm³/mol. The van der Waals surface area contributed by atoms with Crippen molar-refractivity contribution < 1.29 is 8.76 Å². The molecular weight excluding hydrogens is 124 g/mol. The van der Waals surface area contributed by atoms with Crippen LogP contribution < -0.4 is 0 Å². The van der Waals surface area contributed by atoms with Crippen molar-refractivity contribution in [2.24, 2.45) is 5.92 Å². The van der Waals surface area contributed by atoms with E-state index in [-0.39, 0.29) is 5.25 Å². The molecular formula is C5H12O2S. The minimum Gasteiger partial charge on any atom is -0.306 e. The van der Waals surface area contributed by atoms with Gasteiger partial charge in [0, 0.05) is 0 Å². The van der Waals surface area contributed by atoms with Gasteiger partial charge in [0.05, 0.1) is 5.25 Å². The van der Waals surface area contributed by atoms with Crippen molar-refractivity contribution in [1.29, 1.82) is 0 Å². The van der Waals surface area contributed by atoms with Crippen LogP contribution >= 0.6 is 0 Å². The third-order valence-corrected chi connectivity index (χ3v) is 2.44. The minimum absolute atomic E-state index is 0.102. The maximum atomic E-state index is 10.3. The number of hydrogen-bond acceptors (Lipinski definition) is 1. The molecule has 0 aliphatic heterocycles. The van der Waals surface area contributed by atoms with Crippen LogP contribution in [0.5, 0.6) is 0 Å². The van der Waals surface area contributed by atoms with Gasteiger partial charge in [-0.05, 0) is 12.8 Å². The third-order valence-electron chi connectivity index (χ3n) is 1.26. The highest BCUT2D eigenvalue weighted by atomic mass is 32.2. The van der Waals surface area contributed by atoms with E-state index in [9.17, 15) is 4.21 Å². The Morgan fingerprint density at radius 3 is 1.75 bits per heavy atom. The van der Waals surface area contributed by atoms with Crippen LogP contribution in [0.25, 0.3) is 0 Å². The Labute approximate surface area is 52.6 Å². The van der Waals surface area contributed by atoms with E-state index in [0.29, 0.717) is 5.92 Å². The molecule has 50 valence electrons. The molecule has 0 radical (unpaired) electrons. The monoisotopic (exact) mass is 136 g/mol. The van der Waals surface area contributed by atoms with Crippen LogP contribution in [0.1, 0.15) is 20.8 Å². The second kappa shape index (κ2) is 3.20. The van der Waals surface area contributed by atoms with Gasteiger partial charge < -0.3 is 4.55 Å². The molecule has 0 saturated heterocycles. The van der Waals surface area contributed by atoms with Crippen molar-refractivity contribution in [3.8, 4) is 0 Å². The van der Waals surface area contributed by atoms with Gasteiger partial charge in [0.15, 0.2) is 11.1 Å². The molecule has 0 saturated carbocycles. The molecule has 3 heteroatoms. The summed E-state index contributed by atoms with van der Waals surface area (Å²) in [5.74, 6) is 0.292. The van der Waals surface area contributed by atoms with Crippen LogP contribution in [0, 0.1) is 5.92 Å². The first-order valence-corrected chi connectivity index (χ1v) is 3.82. The summed E-state index contributed by atoms with van der Waals surface area (Å²) < 4.78 is 18.7. The van der Waals surface area contributed by atoms with Gasteiger partial charge in [-0.25, -0.2) is 4.21 Å². The van der Waals surface area contributed by atoms with E-state index in [1.165, 1.54) is 0 Å². The maximum absolute atomic E-state index is 10.3. The zero-order chi connectivity index (χ0) is 6.73. The van der Waals surface area contributed by atoms with Gasteiger partial charge >= 0.3 is 0 Å². The van der Waals surface area contributed by atoms with Gasteiger partial charge in [-0.15, -0.1) is 0 Å². The van der Waals surface area contributed by atoms with E-state index in [1.807, 2.05) is 13.8 Å². The maximum Gasteiger partial charge on any atom is 0.155 e. The molecule has 2 atom stereocenters. The van der Waals surface area contributed by atoms with Crippen molar-refractivity contribution in [3.05, 3.63) is 0 Å². The molecule has 0 aromatic heterocycles. The summed E-state index contributed by atoms with van der Waals surface area (Å²) in [4.78, 5) is 0. The summed E-state index contributed by atoms with van der Waals surface area (Å²) in [5.41, 5.74) is 0. The summed E-state index contributed by atoms with van der Waals surface area (Å²) in [5, 5.41) is -0.102. The molecule has 0 aliphatic rings. The Morgan fingerprint density at radius 2 is 1.75 bits per heavy atom. The van der Waals surface area contributed by atoms with Crippen LogP contribution in [0.2, 0.25) is 0 Å². The fourth-order valence-electron chi connectivity index (χ4n) is 0.233. The highest BCUT2D eigenvalue weighted by Gasteiger charge is 2.11. The summed E-state index contributed by atoms with van der Waals surface area (Å²) >= 11 is -1.64. The SMILES string of the molecule is CC(C)C(C)S(=O)O. The fourth-order valence-corrected chi connectivity index (χ4v) is 0.698. The third kappa shape index (κ3) is 2.43. The first kappa shape index (κ1) is 8.11. The number of hydrogen-bond donors (Lipinski definition) is 1. The lowest BCUT2D eigenvalue weighted by Crippen LogP contribution is -2.16. The Hall–Kier alpha value is 0.110. The molecule has 0 spiro atoms. The van der Waals surface area contributed by atoms with Crippen LogP contribution in [0.3, 0.4) is 0 Å². The Bertz CT molecular complexity index is 90.4. The lowest BCUT2D eigenvalue weighted by molar-refractivity contribution is 0.519. The first-order valence-electron chi connectivity index (χ1n) is 2.65. The van der Waals surface area contributed by atoms with Gasteiger partial charge in [-0.3, -0.25) is 0 Å². The quantitative estimate of drug-likeness (QED) is 0.580. The van der Waals surface area contributed by atoms with E-state index in [0.717, 1.165) is 0 Å². The van der Waals surface area contributed by atoms with Crippen molar-refractivity contribution in [3.63, 3.8) is 0 Å². The van der Waals surface area contributed by atoms with Gasteiger partial charge in [0.25, 0.3) is 0 Å². The molecule has 8 heavy (non-hydrogen) atoms. The fraction of sp³-hybridized carbons (Fsp3) is 1.00. The van der Waals surface area contributed by atoms with E-state index in [1.54, 1.807) is 6.92 Å². The molecule has 0 aromatic rings. The number of rotatable bonds is 2. The van der Waals surface area contributed by atoms with Crippen LogP contribution in [0.4, 0.5) is 0 Å². The van der Waals surface area contributed by atoms with Crippen LogP contribution in [0.15, 0.2) is 0 Å². The molecule has 0 heterocycles. The van der Waals surface area contributed by atoms with Gasteiger partial charge in [-0.1, -0.05) is 13.8 Å². The van der Waals surface area contributed by atoms with Gasteiger partial charge in [0.1, 0.15) is 0 Å². The Kier molecular flexibility index (Phi) is 3.24. The molecule has 2 unspecified atom stereocenters. The second-order valence-corrected chi connectivity index (χ2v) is 3.52. The summed E-state index contributed by atoms with van der Waals surface area (Å²) in [6.07, 6.45) is 0. The predicted octanol–water partition coefficient (Wildman–Crippen LogP) is 1.25. The highest BCUT2D eigenvalue weighted by Crippen LogP contribution is 2.05. The molecule has 0 rings (SSSR count). The van der Waals surface area contributed by atoms with Gasteiger partial charge in [0.2, 0.25) is 0 Å². The average molecular weight is 136 g/mol. The van der Waals surface area contributed by atoms with Crippen molar-refractivity contribution in [2.75, 3.05) is 0 Å². The summed E-state index contributed by atoms with van der Waals surface area (Å²) in [6.45, 7) is 5.62. The largest absolute Gasteiger partial charge is 0.306 e. The zero-order valence-corrected chi connectivity index (χ0v) is 6.23. The lowest BCUT2D eigenvalue weighted by atomic mass is 10.2. The van der Waals surface area contributed by atoms with E-state index < -0.39 is 11.1 Å². The zero-order valence-electron chi connectivity index (χ0n) is 5.42. The van der Waals surface area contributed by atoms with Crippen molar-refractivity contribution >= 4 is 11.1 Å². The summed E-state index contributed by atoms with van der Waals surface area (Å²) in [7, 11) is 0. The molecule has 0 amide bonds. The van der Waals surface area contributed by atoms with Crippen molar-refractivity contribution in [2.45, 2.75) is 26.0 Å². The van der Waals surface area contributed by atoms with Crippen molar-refractivity contribution in [1.82, 2.24) is 0 Å². The average Bonchev–Trinajstić information content (AvgIpc) is 1.64. The molecule has 1 N–H and O–H groups in total. The van der Waals surface area contributed by atoms with Crippen LogP contribution in [-0.4, -0.2) is 14.0 Å². The lowest BCUT2D eigenvalue weighted by Gasteiger charge is -2.08. The first-order chi connectivity index (χ1) is 3.55. The topological polar surface area (TPSA) is 37.3 Å². The second-order valence-electron chi connectivity index (χ2n) is 2.23. The molecule has 0 fully saturated rings.